The molecule has 0 aromatic heterocycles. The molecule has 0 bridgehead atoms. The van der Waals surface area contributed by atoms with E-state index in [4.69, 9.17) is 0 Å². The van der Waals surface area contributed by atoms with Crippen LogP contribution < -0.4 is 5.32 Å². The number of benzene rings is 1. The SMILES string of the molecule is CCCN(C(=O)C(C)c1cccc(F)c1)C1CCNC1.Cl. The highest BCUT2D eigenvalue weighted by molar-refractivity contribution is 5.85. The first kappa shape index (κ1) is 17.9. The van der Waals surface area contributed by atoms with Gasteiger partial charge in [0.15, 0.2) is 0 Å². The number of rotatable bonds is 5. The molecule has 1 N–H and O–H groups in total. The number of hydrogen-bond donors (Lipinski definition) is 1. The summed E-state index contributed by atoms with van der Waals surface area (Å²) >= 11 is 0. The number of amides is 1. The summed E-state index contributed by atoms with van der Waals surface area (Å²) in [7, 11) is 0. The number of hydrogen-bond acceptors (Lipinski definition) is 2. The molecule has 1 aromatic rings. The summed E-state index contributed by atoms with van der Waals surface area (Å²) in [6, 6.07) is 6.63. The fourth-order valence-electron chi connectivity index (χ4n) is 2.79. The molecular formula is C16H24ClFN2O. The van der Waals surface area contributed by atoms with E-state index in [9.17, 15) is 9.18 Å². The molecule has 0 aliphatic carbocycles. The Labute approximate surface area is 132 Å². The van der Waals surface area contributed by atoms with Gasteiger partial charge in [0.1, 0.15) is 5.82 Å². The van der Waals surface area contributed by atoms with Crippen LogP contribution in [0.1, 0.15) is 38.2 Å². The molecule has 0 radical (unpaired) electrons. The molecule has 0 saturated carbocycles. The van der Waals surface area contributed by atoms with Crippen molar-refractivity contribution in [3.05, 3.63) is 35.6 Å². The molecule has 2 unspecified atom stereocenters. The van der Waals surface area contributed by atoms with E-state index in [1.54, 1.807) is 6.07 Å². The number of nitrogens with zero attached hydrogens (tertiary/aromatic N) is 1. The Morgan fingerprint density at radius 2 is 2.29 bits per heavy atom. The molecule has 118 valence electrons. The Kier molecular flexibility index (Phi) is 7.12. The molecule has 1 aliphatic rings. The third kappa shape index (κ3) is 4.42. The fourth-order valence-corrected chi connectivity index (χ4v) is 2.79. The van der Waals surface area contributed by atoms with Crippen LogP contribution in [-0.4, -0.2) is 36.5 Å². The van der Waals surface area contributed by atoms with Crippen LogP contribution in [0.3, 0.4) is 0 Å². The third-order valence-electron chi connectivity index (χ3n) is 3.94. The zero-order valence-electron chi connectivity index (χ0n) is 12.6. The molecule has 0 spiro atoms. The van der Waals surface area contributed by atoms with Crippen LogP contribution in [0.4, 0.5) is 4.39 Å². The van der Waals surface area contributed by atoms with E-state index in [1.165, 1.54) is 12.1 Å². The predicted octanol–water partition coefficient (Wildman–Crippen LogP) is 2.95. The lowest BCUT2D eigenvalue weighted by Gasteiger charge is -2.31. The smallest absolute Gasteiger partial charge is 0.230 e. The van der Waals surface area contributed by atoms with Crippen molar-refractivity contribution in [3.8, 4) is 0 Å². The second-order valence-electron chi connectivity index (χ2n) is 5.45. The summed E-state index contributed by atoms with van der Waals surface area (Å²) in [5.74, 6) is -0.476. The number of carbonyl (C=O) groups is 1. The topological polar surface area (TPSA) is 32.3 Å². The van der Waals surface area contributed by atoms with Gasteiger partial charge in [-0.05, 0) is 44.0 Å². The Morgan fingerprint density at radius 3 is 2.86 bits per heavy atom. The lowest BCUT2D eigenvalue weighted by atomic mass is 9.98. The van der Waals surface area contributed by atoms with Crippen molar-refractivity contribution in [3.63, 3.8) is 0 Å². The molecule has 5 heteroatoms. The van der Waals surface area contributed by atoms with Gasteiger partial charge in [0.05, 0.1) is 5.92 Å². The van der Waals surface area contributed by atoms with Crippen molar-refractivity contribution >= 4 is 18.3 Å². The Morgan fingerprint density at radius 1 is 1.52 bits per heavy atom. The highest BCUT2D eigenvalue weighted by Gasteiger charge is 2.29. The Balaban J connectivity index is 0.00000220. The minimum absolute atomic E-state index is 0. The second-order valence-corrected chi connectivity index (χ2v) is 5.45. The van der Waals surface area contributed by atoms with Gasteiger partial charge in [-0.3, -0.25) is 4.79 Å². The Hall–Kier alpha value is -1.13. The summed E-state index contributed by atoms with van der Waals surface area (Å²) in [6.07, 6.45) is 1.94. The number of carbonyl (C=O) groups excluding carboxylic acids is 1. The van der Waals surface area contributed by atoms with E-state index in [1.807, 2.05) is 17.9 Å². The van der Waals surface area contributed by atoms with Gasteiger partial charge in [-0.2, -0.15) is 0 Å². The van der Waals surface area contributed by atoms with Crippen LogP contribution in [0.2, 0.25) is 0 Å². The highest BCUT2D eigenvalue weighted by atomic mass is 35.5. The molecule has 2 atom stereocenters. The maximum atomic E-state index is 13.3. The van der Waals surface area contributed by atoms with Crippen molar-refractivity contribution in [2.45, 2.75) is 38.6 Å². The second kappa shape index (κ2) is 8.35. The van der Waals surface area contributed by atoms with Crippen LogP contribution in [0, 0.1) is 5.82 Å². The number of halogens is 2. The predicted molar refractivity (Wildman–Crippen MR) is 85.3 cm³/mol. The van der Waals surface area contributed by atoms with Crippen molar-refractivity contribution in [1.29, 1.82) is 0 Å². The van der Waals surface area contributed by atoms with Crippen molar-refractivity contribution < 1.29 is 9.18 Å². The third-order valence-corrected chi connectivity index (χ3v) is 3.94. The van der Waals surface area contributed by atoms with Crippen LogP contribution in [0.15, 0.2) is 24.3 Å². The summed E-state index contributed by atoms with van der Waals surface area (Å²) < 4.78 is 13.3. The largest absolute Gasteiger partial charge is 0.338 e. The van der Waals surface area contributed by atoms with Gasteiger partial charge in [-0.25, -0.2) is 4.39 Å². The van der Waals surface area contributed by atoms with Gasteiger partial charge < -0.3 is 10.2 Å². The minimum Gasteiger partial charge on any atom is -0.338 e. The fraction of sp³-hybridized carbons (Fsp3) is 0.562. The highest BCUT2D eigenvalue weighted by Crippen LogP contribution is 2.22. The van der Waals surface area contributed by atoms with Gasteiger partial charge >= 0.3 is 0 Å². The van der Waals surface area contributed by atoms with Crippen LogP contribution in [0.5, 0.6) is 0 Å². The molecule has 1 fully saturated rings. The molecule has 1 heterocycles. The van der Waals surface area contributed by atoms with Crippen LogP contribution in [-0.2, 0) is 4.79 Å². The molecular weight excluding hydrogens is 291 g/mol. The first-order chi connectivity index (χ1) is 9.63. The number of nitrogens with one attached hydrogen (secondary N) is 1. The summed E-state index contributed by atoms with van der Waals surface area (Å²) in [4.78, 5) is 14.7. The summed E-state index contributed by atoms with van der Waals surface area (Å²) in [5.41, 5.74) is 0.752. The van der Waals surface area contributed by atoms with E-state index in [2.05, 4.69) is 12.2 Å². The van der Waals surface area contributed by atoms with Crippen molar-refractivity contribution in [2.75, 3.05) is 19.6 Å². The standard InChI is InChI=1S/C16H23FN2O.ClH/c1-3-9-19(15-7-8-18-11-15)16(20)12(2)13-5-4-6-14(17)10-13;/h4-6,10,12,15,18H,3,7-9,11H2,1-2H3;1H. The molecule has 1 aromatic carbocycles. The molecule has 2 rings (SSSR count). The van der Waals surface area contributed by atoms with Gasteiger partial charge in [0, 0.05) is 19.1 Å². The minimum atomic E-state index is -0.294. The van der Waals surface area contributed by atoms with Crippen molar-refractivity contribution in [1.82, 2.24) is 10.2 Å². The maximum Gasteiger partial charge on any atom is 0.230 e. The molecule has 3 nitrogen and oxygen atoms in total. The quantitative estimate of drug-likeness (QED) is 0.906. The average molecular weight is 315 g/mol. The van der Waals surface area contributed by atoms with Gasteiger partial charge in [-0.1, -0.05) is 19.1 Å². The first-order valence-corrected chi connectivity index (χ1v) is 7.40. The van der Waals surface area contributed by atoms with E-state index in [0.29, 0.717) is 0 Å². The molecule has 1 saturated heterocycles. The monoisotopic (exact) mass is 314 g/mol. The van der Waals surface area contributed by atoms with E-state index in [0.717, 1.165) is 38.0 Å². The molecule has 21 heavy (non-hydrogen) atoms. The molecule has 1 amide bonds. The maximum absolute atomic E-state index is 13.3. The first-order valence-electron chi connectivity index (χ1n) is 7.40. The zero-order valence-corrected chi connectivity index (χ0v) is 13.5. The average Bonchev–Trinajstić information content (AvgIpc) is 2.97. The molecule has 1 aliphatic heterocycles. The lowest BCUT2D eigenvalue weighted by Crippen LogP contribution is -2.44. The van der Waals surface area contributed by atoms with Crippen LogP contribution >= 0.6 is 12.4 Å². The van der Waals surface area contributed by atoms with Gasteiger partial charge in [0.25, 0.3) is 0 Å². The van der Waals surface area contributed by atoms with E-state index >= 15 is 0 Å². The summed E-state index contributed by atoms with van der Waals surface area (Å²) in [6.45, 7) is 6.54. The van der Waals surface area contributed by atoms with Gasteiger partial charge in [0.2, 0.25) is 5.91 Å². The zero-order chi connectivity index (χ0) is 14.5. The van der Waals surface area contributed by atoms with Crippen LogP contribution in [0.25, 0.3) is 0 Å². The van der Waals surface area contributed by atoms with E-state index in [-0.39, 0.29) is 36.1 Å². The lowest BCUT2D eigenvalue weighted by molar-refractivity contribution is -0.134. The van der Waals surface area contributed by atoms with Gasteiger partial charge in [-0.15, -0.1) is 12.4 Å². The Bertz CT molecular complexity index is 463. The summed E-state index contributed by atoms with van der Waals surface area (Å²) in [5, 5.41) is 3.30. The normalized spacial score (nSPS) is 18.9. The van der Waals surface area contributed by atoms with E-state index < -0.39 is 0 Å². The van der Waals surface area contributed by atoms with Crippen molar-refractivity contribution in [2.24, 2.45) is 0 Å².